The number of benzene rings is 3. The van der Waals surface area contributed by atoms with Gasteiger partial charge in [0.2, 0.25) is 0 Å². The molecule has 0 radical (unpaired) electrons. The molecule has 6 N–H and O–H groups in total. The van der Waals surface area contributed by atoms with Crippen LogP contribution in [0.3, 0.4) is 0 Å². The fourth-order valence-corrected chi connectivity index (χ4v) is 3.79. The van der Waals surface area contributed by atoms with Gasteiger partial charge in [0.05, 0.1) is 11.2 Å². The van der Waals surface area contributed by atoms with Crippen LogP contribution >= 0.6 is 15.9 Å². The summed E-state index contributed by atoms with van der Waals surface area (Å²) in [6, 6.07) is 18.0. The van der Waals surface area contributed by atoms with Gasteiger partial charge in [-0.05, 0) is 123 Å². The van der Waals surface area contributed by atoms with E-state index >= 15 is 0 Å². The lowest BCUT2D eigenvalue weighted by Crippen LogP contribution is -2.41. The van der Waals surface area contributed by atoms with E-state index in [0.717, 1.165) is 33.5 Å². The number of aryl methyl sites for hydroxylation is 4. The van der Waals surface area contributed by atoms with Gasteiger partial charge in [0.1, 0.15) is 0 Å². The van der Waals surface area contributed by atoms with E-state index in [1.165, 1.54) is 28.2 Å². The van der Waals surface area contributed by atoms with E-state index in [9.17, 15) is 0 Å². The molecule has 3 aromatic rings. The molecule has 5 nitrogen and oxygen atoms in total. The highest BCUT2D eigenvalue weighted by molar-refractivity contribution is 9.10. The van der Waals surface area contributed by atoms with Gasteiger partial charge in [0.25, 0.3) is 0 Å². The van der Waals surface area contributed by atoms with Crippen molar-refractivity contribution in [3.05, 3.63) is 106 Å². The Bertz CT molecular complexity index is 1270. The highest BCUT2D eigenvalue weighted by atomic mass is 79.9. The second-order valence-corrected chi connectivity index (χ2v) is 11.6. The molecule has 40 heavy (non-hydrogen) atoms. The van der Waals surface area contributed by atoms with Crippen molar-refractivity contribution in [1.82, 2.24) is 0 Å². The molecule has 0 aromatic heterocycles. The third-order valence-electron chi connectivity index (χ3n) is 6.72. The smallest absolute Gasteiger partial charge is 0.398 e. The molecule has 1 saturated heterocycles. The molecule has 1 aliphatic heterocycles. The Morgan fingerprint density at radius 3 is 1.62 bits per heavy atom. The normalized spacial score (nSPS) is 14.3. The molecule has 7 heteroatoms. The minimum absolute atomic E-state index is 0. The maximum absolute atomic E-state index is 5.73. The number of hydrogen-bond acceptors (Lipinski definition) is 5. The maximum Gasteiger partial charge on any atom is 0.543 e. The second kappa shape index (κ2) is 15.6. The molecule has 216 valence electrons. The van der Waals surface area contributed by atoms with Crippen molar-refractivity contribution in [3.63, 3.8) is 0 Å². The molecule has 3 aromatic carbocycles. The molecule has 0 amide bonds. The van der Waals surface area contributed by atoms with Gasteiger partial charge in [-0.1, -0.05) is 49.9 Å². The van der Waals surface area contributed by atoms with Gasteiger partial charge in [-0.3, -0.25) is 0 Å². The summed E-state index contributed by atoms with van der Waals surface area (Å²) in [5.74, 6) is 1.43. The minimum atomic E-state index is -0.361. The van der Waals surface area contributed by atoms with Crippen LogP contribution in [0.4, 0.5) is 17.1 Å². The zero-order valence-corrected chi connectivity index (χ0v) is 26.9. The van der Waals surface area contributed by atoms with Crippen LogP contribution in [0, 0.1) is 27.4 Å². The van der Waals surface area contributed by atoms with Crippen molar-refractivity contribution in [2.45, 2.75) is 73.0 Å². The summed E-state index contributed by atoms with van der Waals surface area (Å²) in [6.45, 7) is 25.1. The van der Waals surface area contributed by atoms with Crippen LogP contribution in [-0.2, 0) is 15.7 Å². The monoisotopic (exact) mass is 608 g/mol. The maximum atomic E-state index is 5.73. The number of hydrogen-bond donors (Lipinski definition) is 3. The second-order valence-electron chi connectivity index (χ2n) is 10.7. The van der Waals surface area contributed by atoms with Crippen molar-refractivity contribution in [2.24, 2.45) is 0 Å². The number of nitrogen functional groups attached to an aromatic ring is 3. The molecule has 1 heterocycles. The van der Waals surface area contributed by atoms with Crippen LogP contribution in [-0.4, -0.2) is 18.3 Å². The van der Waals surface area contributed by atoms with Crippen LogP contribution in [0.25, 0.3) is 6.08 Å². The van der Waals surface area contributed by atoms with Crippen LogP contribution in [0.1, 0.15) is 63.9 Å². The van der Waals surface area contributed by atoms with Crippen molar-refractivity contribution in [2.75, 3.05) is 17.2 Å². The van der Waals surface area contributed by atoms with Gasteiger partial charge in [-0.15, -0.1) is 0 Å². The topological polar surface area (TPSA) is 96.5 Å². The largest absolute Gasteiger partial charge is 0.543 e. The molecule has 0 spiro atoms. The van der Waals surface area contributed by atoms with E-state index in [2.05, 4.69) is 48.5 Å². The summed E-state index contributed by atoms with van der Waals surface area (Å²) >= 11 is 3.30. The van der Waals surface area contributed by atoms with Crippen molar-refractivity contribution >= 4 is 46.2 Å². The average molecular weight is 609 g/mol. The van der Waals surface area contributed by atoms with Crippen LogP contribution in [0.5, 0.6) is 0 Å². The number of anilines is 3. The Hall–Kier alpha value is -3.09. The lowest BCUT2D eigenvalue weighted by Gasteiger charge is -2.32. The summed E-state index contributed by atoms with van der Waals surface area (Å²) in [4.78, 5) is 0. The summed E-state index contributed by atoms with van der Waals surface area (Å²) in [5, 5.41) is 0. The highest BCUT2D eigenvalue weighted by Crippen LogP contribution is 2.36. The summed E-state index contributed by atoms with van der Waals surface area (Å²) < 4.78 is 12.0. The first-order valence-corrected chi connectivity index (χ1v) is 14.1. The van der Waals surface area contributed by atoms with Gasteiger partial charge in [0, 0.05) is 23.0 Å². The lowest BCUT2D eigenvalue weighted by atomic mass is 9.90. The summed E-state index contributed by atoms with van der Waals surface area (Å²) in [7, 11) is -0.361. The zero-order valence-electron chi connectivity index (χ0n) is 25.3. The van der Waals surface area contributed by atoms with Gasteiger partial charge in [0.15, 0.2) is 12.6 Å². The first-order valence-electron chi connectivity index (χ1n) is 13.3. The number of nitrogens with two attached hydrogens (primary N) is 3. The predicted molar refractivity (Wildman–Crippen MR) is 181 cm³/mol. The van der Waals surface area contributed by atoms with Gasteiger partial charge < -0.3 is 26.5 Å². The van der Waals surface area contributed by atoms with Gasteiger partial charge in [-0.2, -0.15) is 0 Å². The van der Waals surface area contributed by atoms with Crippen LogP contribution in [0.15, 0.2) is 71.6 Å². The molecule has 4 rings (SSSR count). The molecule has 1 aliphatic rings. The molecule has 0 unspecified atom stereocenters. The predicted octanol–water partition coefficient (Wildman–Crippen LogP) is 8.55. The zero-order chi connectivity index (χ0) is 30.7. The first-order chi connectivity index (χ1) is 18.6. The molecular formula is C33H48BBrN3O2+. The highest BCUT2D eigenvalue weighted by Gasteiger charge is 2.51. The Morgan fingerprint density at radius 2 is 1.27 bits per heavy atom. The van der Waals surface area contributed by atoms with E-state index in [4.69, 9.17) is 33.1 Å². The fourth-order valence-electron chi connectivity index (χ4n) is 3.55. The molecular weight excluding hydrogens is 561 g/mol. The Balaban J connectivity index is 0.000000517. The van der Waals surface area contributed by atoms with Crippen LogP contribution < -0.4 is 17.2 Å². The van der Waals surface area contributed by atoms with E-state index in [1.807, 2.05) is 84.0 Å². The number of rotatable bonds is 3. The minimum Gasteiger partial charge on any atom is -0.398 e. The fraction of sp³-hybridized carbons (Fsp3) is 0.333. The van der Waals surface area contributed by atoms with Gasteiger partial charge in [-0.25, -0.2) is 0 Å². The summed E-state index contributed by atoms with van der Waals surface area (Å²) in [5.41, 5.74) is 24.8. The lowest BCUT2D eigenvalue weighted by molar-refractivity contribution is 0.00578. The Kier molecular flexibility index (Phi) is 13.7. The standard InChI is InChI=1S/C9H13N.C9H11N.C8H14BO2.C7H8BrN.H2/c2*1-3-8-5-4-7(2)6-9(8)10;1-6-9-10-7(2,3)8(4,5)11-9;1-5-2-3-6(8)7(9)4-5;/h4-6H,3,10H2,1-2H3;3-6H,1,10H2,2H3;1,6H,2-5H3;2-4H,9H2,1H3;1H/q;;+1;;. The third kappa shape index (κ3) is 10.8. The van der Waals surface area contributed by atoms with Crippen molar-refractivity contribution in [1.29, 1.82) is 0 Å². The van der Waals surface area contributed by atoms with Crippen molar-refractivity contribution in [3.8, 4) is 0 Å². The first kappa shape index (κ1) is 34.9. The SMILES string of the molecule is C=Cc1ccc(C)cc1N.CCc1ccc(C)cc1N.Cc1ccc(Br)c(N)c1.[CH+]=CB1OC(C)(C)C(C)(C)O1.[HH]. The average Bonchev–Trinajstić information content (AvgIpc) is 3.09. The van der Waals surface area contributed by atoms with E-state index < -0.39 is 0 Å². The molecule has 0 saturated carbocycles. The quantitative estimate of drug-likeness (QED) is 0.157. The van der Waals surface area contributed by atoms with Crippen molar-refractivity contribution < 1.29 is 10.7 Å². The van der Waals surface area contributed by atoms with Crippen LogP contribution in [0.2, 0.25) is 0 Å². The third-order valence-corrected chi connectivity index (χ3v) is 7.45. The molecule has 0 aliphatic carbocycles. The van der Waals surface area contributed by atoms with E-state index in [-0.39, 0.29) is 19.7 Å². The molecule has 0 bridgehead atoms. The van der Waals surface area contributed by atoms with E-state index in [1.54, 1.807) is 6.08 Å². The Morgan fingerprint density at radius 1 is 0.825 bits per heavy atom. The number of halogens is 1. The van der Waals surface area contributed by atoms with Gasteiger partial charge >= 0.3 is 7.12 Å². The Labute approximate surface area is 252 Å². The molecule has 0 atom stereocenters. The van der Waals surface area contributed by atoms with E-state index in [0.29, 0.717) is 0 Å². The molecule has 1 fully saturated rings. The summed E-state index contributed by atoms with van der Waals surface area (Å²) in [6.07, 6.45) is 2.78.